The normalized spacial score (nSPS) is 10.8. The number of nitrogens with zero attached hydrogens (tertiary/aromatic N) is 2. The van der Waals surface area contributed by atoms with E-state index in [1.807, 2.05) is 72.8 Å². The summed E-state index contributed by atoms with van der Waals surface area (Å²) in [5, 5.41) is 4.36. The highest BCUT2D eigenvalue weighted by Gasteiger charge is 2.02. The average molecular weight is 535 g/mol. The second-order valence-electron chi connectivity index (χ2n) is 8.23. The van der Waals surface area contributed by atoms with Crippen molar-refractivity contribution in [2.45, 2.75) is 0 Å². The molecule has 0 aliphatic rings. The van der Waals surface area contributed by atoms with E-state index in [1.54, 1.807) is 0 Å². The van der Waals surface area contributed by atoms with E-state index in [0.717, 1.165) is 66.4 Å². The summed E-state index contributed by atoms with van der Waals surface area (Å²) in [6.45, 7) is 0. The molecule has 0 bridgehead atoms. The topological polar surface area (TPSA) is 236 Å². The van der Waals surface area contributed by atoms with Gasteiger partial charge in [-0.3, -0.25) is 9.11 Å². The summed E-state index contributed by atoms with van der Waals surface area (Å²) in [5.41, 5.74) is 29.4. The van der Waals surface area contributed by atoms with Crippen LogP contribution in [-0.4, -0.2) is 33.0 Å². The van der Waals surface area contributed by atoms with Crippen molar-refractivity contribution in [2.24, 2.45) is 0 Å². The predicted molar refractivity (Wildman–Crippen MR) is 154 cm³/mol. The average Bonchev–Trinajstić information content (AvgIpc) is 2.81. The van der Waals surface area contributed by atoms with Crippen molar-refractivity contribution in [3.63, 3.8) is 0 Å². The summed E-state index contributed by atoms with van der Waals surface area (Å²) < 4.78 is 31.6. The molecule has 196 valence electrons. The van der Waals surface area contributed by atoms with Gasteiger partial charge in [-0.05, 0) is 60.7 Å². The Bertz CT molecular complexity index is 1640. The molecule has 0 fully saturated rings. The third-order valence-electron chi connectivity index (χ3n) is 5.32. The lowest BCUT2D eigenvalue weighted by Gasteiger charge is -2.03. The van der Waals surface area contributed by atoms with Gasteiger partial charge in [-0.25, -0.2) is 9.97 Å². The maximum absolute atomic E-state index is 8.74. The maximum atomic E-state index is 8.74. The van der Waals surface area contributed by atoms with Crippen LogP contribution in [0.1, 0.15) is 0 Å². The Hall–Kier alpha value is -4.75. The van der Waals surface area contributed by atoms with E-state index >= 15 is 0 Å². The number of nitrogens with two attached hydrogens (primary N) is 4. The number of hydrogen-bond acceptors (Lipinski definition) is 8. The highest BCUT2D eigenvalue weighted by Crippen LogP contribution is 2.24. The first-order chi connectivity index (χ1) is 17.4. The molecule has 0 unspecified atom stereocenters. The van der Waals surface area contributed by atoms with Gasteiger partial charge in [0.15, 0.2) is 0 Å². The number of benzene rings is 4. The van der Waals surface area contributed by atoms with Gasteiger partial charge < -0.3 is 28.4 Å². The molecule has 6 aromatic rings. The molecule has 0 aliphatic heterocycles. The van der Waals surface area contributed by atoms with Gasteiger partial charge in [0, 0.05) is 44.3 Å². The number of nitrogen functional groups attached to an aromatic ring is 4. The van der Waals surface area contributed by atoms with Gasteiger partial charge in [-0.2, -0.15) is 8.42 Å². The predicted octanol–water partition coefficient (Wildman–Crippen LogP) is 3.63. The van der Waals surface area contributed by atoms with Gasteiger partial charge in [-0.1, -0.05) is 24.3 Å². The van der Waals surface area contributed by atoms with Crippen LogP contribution in [0.5, 0.6) is 0 Å². The van der Waals surface area contributed by atoms with Crippen molar-refractivity contribution >= 4 is 76.8 Å². The van der Waals surface area contributed by atoms with Gasteiger partial charge in [0.05, 0.1) is 22.1 Å². The SMILES string of the molecule is Nc1ccc2cc3ccc(N)cc3nc2c1.Nc1ccc2cc3ccc(N)cc3nc2c1.O.O=S(=O)(O)O. The molecule has 12 N–H and O–H groups in total. The number of fused-ring (bicyclic) bond motifs is 4. The first-order valence-electron chi connectivity index (χ1n) is 10.9. The number of hydrogen-bond donors (Lipinski definition) is 6. The van der Waals surface area contributed by atoms with Crippen molar-refractivity contribution in [2.75, 3.05) is 22.9 Å². The number of pyridine rings is 2. The van der Waals surface area contributed by atoms with E-state index in [0.29, 0.717) is 0 Å². The van der Waals surface area contributed by atoms with Crippen LogP contribution in [0.15, 0.2) is 84.9 Å². The molecule has 4 aromatic carbocycles. The molecular formula is C26H26N6O5S. The third-order valence-corrected chi connectivity index (χ3v) is 5.32. The minimum Gasteiger partial charge on any atom is -0.412 e. The molecule has 11 nitrogen and oxygen atoms in total. The fourth-order valence-corrected chi connectivity index (χ4v) is 3.71. The molecule has 0 radical (unpaired) electrons. The molecule has 2 heterocycles. The zero-order valence-corrected chi connectivity index (χ0v) is 20.7. The molecule has 0 saturated heterocycles. The number of rotatable bonds is 0. The van der Waals surface area contributed by atoms with Gasteiger partial charge in [0.1, 0.15) is 0 Å². The Labute approximate surface area is 217 Å². The fourth-order valence-electron chi connectivity index (χ4n) is 3.71. The summed E-state index contributed by atoms with van der Waals surface area (Å²) in [7, 11) is -4.67. The Morgan fingerprint density at radius 1 is 0.474 bits per heavy atom. The van der Waals surface area contributed by atoms with E-state index in [1.165, 1.54) is 0 Å². The molecule has 0 atom stereocenters. The van der Waals surface area contributed by atoms with Crippen molar-refractivity contribution < 1.29 is 23.0 Å². The van der Waals surface area contributed by atoms with Crippen molar-refractivity contribution in [3.8, 4) is 0 Å². The van der Waals surface area contributed by atoms with Crippen molar-refractivity contribution in [1.82, 2.24) is 9.97 Å². The van der Waals surface area contributed by atoms with Crippen LogP contribution in [0.4, 0.5) is 22.7 Å². The van der Waals surface area contributed by atoms with Crippen molar-refractivity contribution in [1.29, 1.82) is 0 Å². The smallest absolute Gasteiger partial charge is 0.394 e. The lowest BCUT2D eigenvalue weighted by atomic mass is 10.1. The first kappa shape index (κ1) is 27.8. The molecule has 0 amide bonds. The molecule has 0 aliphatic carbocycles. The van der Waals surface area contributed by atoms with Gasteiger partial charge >= 0.3 is 10.4 Å². The Kier molecular flexibility index (Phi) is 8.13. The highest BCUT2D eigenvalue weighted by molar-refractivity contribution is 7.79. The van der Waals surface area contributed by atoms with Crippen LogP contribution in [0, 0.1) is 0 Å². The van der Waals surface area contributed by atoms with Crippen LogP contribution in [0.3, 0.4) is 0 Å². The highest BCUT2D eigenvalue weighted by atomic mass is 32.3. The zero-order valence-electron chi connectivity index (χ0n) is 19.9. The van der Waals surface area contributed by atoms with E-state index in [4.69, 9.17) is 40.5 Å². The molecule has 12 heteroatoms. The molecule has 2 aromatic heterocycles. The Balaban J connectivity index is 0.000000176. The number of aromatic nitrogens is 2. The quantitative estimate of drug-likeness (QED) is 0.0939. The van der Waals surface area contributed by atoms with Crippen molar-refractivity contribution in [3.05, 3.63) is 84.9 Å². The second-order valence-corrected chi connectivity index (χ2v) is 9.13. The molecule has 0 spiro atoms. The lowest BCUT2D eigenvalue weighted by Crippen LogP contribution is -1.89. The second kappa shape index (κ2) is 11.1. The van der Waals surface area contributed by atoms with E-state index < -0.39 is 10.4 Å². The lowest BCUT2D eigenvalue weighted by molar-refractivity contribution is 0.381. The third kappa shape index (κ3) is 7.15. The standard InChI is InChI=1S/2C13H11N3.H2O4S.H2O/c2*14-10-3-1-8-5-9-2-4-11(15)7-13(9)16-12(8)6-10;1-5(2,3)4;/h2*1-7H,14-15H2;(H2,1,2,3,4);1H2. The van der Waals surface area contributed by atoms with E-state index in [9.17, 15) is 0 Å². The summed E-state index contributed by atoms with van der Waals surface area (Å²) >= 11 is 0. The van der Waals surface area contributed by atoms with Crippen LogP contribution < -0.4 is 22.9 Å². The van der Waals surface area contributed by atoms with Crippen LogP contribution in [0.2, 0.25) is 0 Å². The minimum atomic E-state index is -4.67. The summed E-state index contributed by atoms with van der Waals surface area (Å²) in [6.07, 6.45) is 0. The van der Waals surface area contributed by atoms with Crippen LogP contribution in [-0.2, 0) is 10.4 Å². The summed E-state index contributed by atoms with van der Waals surface area (Å²) in [6, 6.07) is 27.1. The molecule has 6 rings (SSSR count). The summed E-state index contributed by atoms with van der Waals surface area (Å²) in [4.78, 5) is 9.08. The maximum Gasteiger partial charge on any atom is 0.394 e. The zero-order chi connectivity index (χ0) is 26.7. The largest absolute Gasteiger partial charge is 0.412 e. The number of anilines is 4. The Morgan fingerprint density at radius 3 is 0.895 bits per heavy atom. The first-order valence-corrected chi connectivity index (χ1v) is 12.3. The monoisotopic (exact) mass is 534 g/mol. The van der Waals surface area contributed by atoms with Gasteiger partial charge in [-0.15, -0.1) is 0 Å². The van der Waals surface area contributed by atoms with Crippen LogP contribution in [0.25, 0.3) is 43.6 Å². The van der Waals surface area contributed by atoms with Gasteiger partial charge in [0.25, 0.3) is 0 Å². The van der Waals surface area contributed by atoms with Gasteiger partial charge in [0.2, 0.25) is 0 Å². The molecule has 0 saturated carbocycles. The Morgan fingerprint density at radius 2 is 0.684 bits per heavy atom. The molecule has 38 heavy (non-hydrogen) atoms. The minimum absolute atomic E-state index is 0. The van der Waals surface area contributed by atoms with Crippen LogP contribution >= 0.6 is 0 Å². The summed E-state index contributed by atoms with van der Waals surface area (Å²) in [5.74, 6) is 0. The van der Waals surface area contributed by atoms with E-state index in [2.05, 4.69) is 22.1 Å². The van der Waals surface area contributed by atoms with E-state index in [-0.39, 0.29) is 5.48 Å². The molecular weight excluding hydrogens is 508 g/mol. The fraction of sp³-hybridized carbons (Fsp3) is 0.